The van der Waals surface area contributed by atoms with Gasteiger partial charge in [-0.15, -0.1) is 0 Å². The third-order valence-electron chi connectivity index (χ3n) is 9.96. The Hall–Kier alpha value is -5.36. The van der Waals surface area contributed by atoms with Crippen molar-refractivity contribution in [2.24, 2.45) is 0 Å². The van der Waals surface area contributed by atoms with E-state index in [1.165, 1.54) is 0 Å². The van der Waals surface area contributed by atoms with Crippen molar-refractivity contribution in [2.45, 2.75) is 23.4 Å². The molecule has 0 aliphatic rings. The molecule has 4 heteroatoms. The number of aliphatic hydroxyl groups excluding tert-OH is 2. The van der Waals surface area contributed by atoms with E-state index in [1.807, 2.05) is 146 Å². The second kappa shape index (κ2) is 11.7. The van der Waals surface area contributed by atoms with Crippen molar-refractivity contribution in [1.82, 2.24) is 0 Å². The molecule has 0 aliphatic heterocycles. The first kappa shape index (κ1) is 30.0. The minimum Gasteiger partial charge on any atom is -0.387 e. The first-order valence-electron chi connectivity index (χ1n) is 16.2. The summed E-state index contributed by atoms with van der Waals surface area (Å²) in [4.78, 5) is 0. The number of aliphatic hydroxyl groups is 4. The molecule has 0 fully saturated rings. The largest absolute Gasteiger partial charge is 0.387 e. The van der Waals surface area contributed by atoms with Crippen molar-refractivity contribution in [1.29, 1.82) is 0 Å². The molecule has 234 valence electrons. The van der Waals surface area contributed by atoms with E-state index in [4.69, 9.17) is 0 Å². The van der Waals surface area contributed by atoms with E-state index in [-0.39, 0.29) is 0 Å². The van der Waals surface area contributed by atoms with Crippen LogP contribution in [0.4, 0.5) is 0 Å². The van der Waals surface area contributed by atoms with Gasteiger partial charge in [0.2, 0.25) is 0 Å². The monoisotopic (exact) mass is 626 g/mol. The normalized spacial score (nSPS) is 13.7. The lowest BCUT2D eigenvalue weighted by atomic mass is 9.69. The molecule has 48 heavy (non-hydrogen) atoms. The van der Waals surface area contributed by atoms with Crippen molar-refractivity contribution in [3.8, 4) is 0 Å². The highest BCUT2D eigenvalue weighted by atomic mass is 16.4. The number of hydrogen-bond donors (Lipinski definition) is 4. The van der Waals surface area contributed by atoms with Gasteiger partial charge in [0.1, 0.15) is 23.4 Å². The maximum Gasteiger partial charge on any atom is 0.144 e. The zero-order valence-electron chi connectivity index (χ0n) is 26.1. The van der Waals surface area contributed by atoms with Gasteiger partial charge >= 0.3 is 0 Å². The van der Waals surface area contributed by atoms with E-state index in [9.17, 15) is 20.4 Å². The molecule has 2 atom stereocenters. The number of rotatable bonds is 7. The quantitative estimate of drug-likeness (QED) is 0.144. The van der Waals surface area contributed by atoms with Crippen LogP contribution >= 0.6 is 0 Å². The van der Waals surface area contributed by atoms with Crippen LogP contribution in [0.3, 0.4) is 0 Å². The van der Waals surface area contributed by atoms with Gasteiger partial charge in [0.05, 0.1) is 0 Å². The molecule has 8 aromatic rings. The van der Waals surface area contributed by atoms with Crippen LogP contribution in [0.5, 0.6) is 0 Å². The predicted molar refractivity (Wildman–Crippen MR) is 194 cm³/mol. The zero-order valence-corrected chi connectivity index (χ0v) is 26.1. The van der Waals surface area contributed by atoms with Gasteiger partial charge in [-0.3, -0.25) is 0 Å². The molecule has 0 aromatic heterocycles. The molecule has 4 nitrogen and oxygen atoms in total. The average Bonchev–Trinajstić information content (AvgIpc) is 3.15. The summed E-state index contributed by atoms with van der Waals surface area (Å²) in [5.41, 5.74) is -2.68. The Labute approximate surface area is 278 Å². The summed E-state index contributed by atoms with van der Waals surface area (Å²) in [6, 6.07) is 53.0. The minimum atomic E-state index is -2.18. The molecular weight excluding hydrogens is 592 g/mol. The zero-order chi connectivity index (χ0) is 32.9. The fourth-order valence-electron chi connectivity index (χ4n) is 7.62. The Kier molecular flexibility index (Phi) is 7.32. The van der Waals surface area contributed by atoms with Gasteiger partial charge < -0.3 is 20.4 Å². The van der Waals surface area contributed by atoms with Crippen molar-refractivity contribution >= 4 is 43.1 Å². The van der Waals surface area contributed by atoms with Gasteiger partial charge in [0.15, 0.2) is 0 Å². The fraction of sp³-hybridized carbons (Fsp3) is 0.0909. The molecule has 4 N–H and O–H groups in total. The molecule has 0 heterocycles. The lowest BCUT2D eigenvalue weighted by Crippen LogP contribution is -2.56. The summed E-state index contributed by atoms with van der Waals surface area (Å²) in [6.07, 6.45) is -3.84. The second-order valence-electron chi connectivity index (χ2n) is 12.5. The molecule has 0 saturated carbocycles. The number of benzene rings is 8. The average molecular weight is 627 g/mol. The molecule has 0 aliphatic carbocycles. The SMILES string of the molecule is OC(C(O)C(O)(c1cccc2ccccc12)c1cccc2ccccc12)C(O)(c1cccc2ccccc12)c1cccc2ccccc12. The minimum absolute atomic E-state index is 0.418. The molecule has 0 amide bonds. The van der Waals surface area contributed by atoms with Gasteiger partial charge in [-0.05, 0) is 65.3 Å². The summed E-state index contributed by atoms with van der Waals surface area (Å²) < 4.78 is 0. The first-order valence-corrected chi connectivity index (χ1v) is 16.2. The van der Waals surface area contributed by atoms with Crippen molar-refractivity contribution in [2.75, 3.05) is 0 Å². The molecule has 2 unspecified atom stereocenters. The van der Waals surface area contributed by atoms with Crippen LogP contribution in [0.2, 0.25) is 0 Å². The Morgan fingerprint density at radius 3 is 0.750 bits per heavy atom. The lowest BCUT2D eigenvalue weighted by molar-refractivity contribution is -0.165. The van der Waals surface area contributed by atoms with Crippen LogP contribution in [0.1, 0.15) is 22.3 Å². The maximum absolute atomic E-state index is 13.4. The summed E-state index contributed by atoms with van der Waals surface area (Å²) in [5.74, 6) is 0. The second-order valence-corrected chi connectivity index (χ2v) is 12.5. The molecule has 0 bridgehead atoms. The predicted octanol–water partition coefficient (Wildman–Crippen LogP) is 8.19. The summed E-state index contributed by atoms with van der Waals surface area (Å²) in [6.45, 7) is 0. The molecule has 0 saturated heterocycles. The van der Waals surface area contributed by atoms with Crippen LogP contribution in [-0.4, -0.2) is 32.6 Å². The van der Waals surface area contributed by atoms with E-state index < -0.39 is 23.4 Å². The van der Waals surface area contributed by atoms with Gasteiger partial charge in [-0.25, -0.2) is 0 Å². The van der Waals surface area contributed by atoms with E-state index >= 15 is 0 Å². The standard InChI is InChI=1S/C44H34O4/c45-41(43(47,37-25-9-17-29-13-1-5-21-33(29)37)38-26-10-18-30-14-2-6-22-34(30)38)42(46)44(48,39-27-11-19-31-15-3-7-23-35(31)39)40-28-12-20-32-16-4-8-24-36(32)40/h1-28,41-42,45-48H. The van der Waals surface area contributed by atoms with Crippen LogP contribution in [0.15, 0.2) is 170 Å². The molecular formula is C44H34O4. The molecule has 0 spiro atoms. The smallest absolute Gasteiger partial charge is 0.144 e. The van der Waals surface area contributed by atoms with Gasteiger partial charge in [0.25, 0.3) is 0 Å². The van der Waals surface area contributed by atoms with Gasteiger partial charge in [-0.1, -0.05) is 170 Å². The number of hydrogen-bond acceptors (Lipinski definition) is 4. The highest BCUT2D eigenvalue weighted by molar-refractivity contribution is 5.93. The van der Waals surface area contributed by atoms with Crippen LogP contribution < -0.4 is 0 Å². The van der Waals surface area contributed by atoms with E-state index in [2.05, 4.69) is 0 Å². The fourth-order valence-corrected chi connectivity index (χ4v) is 7.62. The van der Waals surface area contributed by atoms with Gasteiger partial charge in [-0.2, -0.15) is 0 Å². The highest BCUT2D eigenvalue weighted by Crippen LogP contribution is 2.47. The van der Waals surface area contributed by atoms with E-state index in [1.54, 1.807) is 24.3 Å². The molecule has 0 radical (unpaired) electrons. The Bertz CT molecular complexity index is 2100. The van der Waals surface area contributed by atoms with E-state index in [0.29, 0.717) is 22.3 Å². The maximum atomic E-state index is 13.4. The van der Waals surface area contributed by atoms with E-state index in [0.717, 1.165) is 43.1 Å². The third-order valence-corrected chi connectivity index (χ3v) is 9.96. The first-order chi connectivity index (χ1) is 23.4. The highest BCUT2D eigenvalue weighted by Gasteiger charge is 2.53. The van der Waals surface area contributed by atoms with Gasteiger partial charge in [0, 0.05) is 0 Å². The van der Waals surface area contributed by atoms with Crippen molar-refractivity contribution < 1.29 is 20.4 Å². The third kappa shape index (κ3) is 4.54. The summed E-state index contributed by atoms with van der Waals surface area (Å²) >= 11 is 0. The Morgan fingerprint density at radius 2 is 0.500 bits per heavy atom. The van der Waals surface area contributed by atoms with Crippen molar-refractivity contribution in [3.63, 3.8) is 0 Å². The lowest BCUT2D eigenvalue weighted by Gasteiger charge is -2.44. The van der Waals surface area contributed by atoms with Crippen LogP contribution in [-0.2, 0) is 11.2 Å². The molecule has 8 aromatic carbocycles. The topological polar surface area (TPSA) is 80.9 Å². The van der Waals surface area contributed by atoms with Crippen LogP contribution in [0, 0.1) is 0 Å². The van der Waals surface area contributed by atoms with Crippen LogP contribution in [0.25, 0.3) is 43.1 Å². The molecule has 8 rings (SSSR count). The van der Waals surface area contributed by atoms with Crippen molar-refractivity contribution in [3.05, 3.63) is 192 Å². The Balaban J connectivity index is 1.45. The summed E-state index contributed by atoms with van der Waals surface area (Å²) in [5, 5.41) is 58.7. The summed E-state index contributed by atoms with van der Waals surface area (Å²) in [7, 11) is 0. The number of fused-ring (bicyclic) bond motifs is 4. The Morgan fingerprint density at radius 1 is 0.292 bits per heavy atom.